The summed E-state index contributed by atoms with van der Waals surface area (Å²) in [7, 11) is -3.67. The number of benzene rings is 2. The average Bonchev–Trinajstić information content (AvgIpc) is 3.20. The van der Waals surface area contributed by atoms with Crippen LogP contribution in [0.25, 0.3) is 5.69 Å². The Bertz CT molecular complexity index is 1280. The molecule has 0 radical (unpaired) electrons. The number of nitrogens with zero attached hydrogens (tertiary/aromatic N) is 5. The lowest BCUT2D eigenvalue weighted by Gasteiger charge is -2.33. The number of piperazine rings is 1. The first kappa shape index (κ1) is 23.4. The van der Waals surface area contributed by atoms with E-state index in [2.05, 4.69) is 23.9 Å². The molecule has 0 saturated carbocycles. The average molecular weight is 488 g/mol. The summed E-state index contributed by atoms with van der Waals surface area (Å²) in [6.07, 6.45) is 0. The van der Waals surface area contributed by atoms with Crippen LogP contribution in [0.5, 0.6) is 0 Å². The number of carbonyl (C=O) groups is 1. The molecule has 3 aromatic rings. The molecule has 174 valence electrons. The van der Waals surface area contributed by atoms with Crippen LogP contribution < -0.4 is 0 Å². The van der Waals surface area contributed by atoms with E-state index in [0.717, 1.165) is 11.3 Å². The Morgan fingerprint density at radius 1 is 1.03 bits per heavy atom. The summed E-state index contributed by atoms with van der Waals surface area (Å²) in [5, 5.41) is 4.85. The smallest absolute Gasteiger partial charge is 0.293 e. The normalized spacial score (nSPS) is 15.2. The first-order chi connectivity index (χ1) is 15.7. The lowest BCUT2D eigenvalue weighted by Crippen LogP contribution is -2.50. The van der Waals surface area contributed by atoms with Crippen LogP contribution >= 0.6 is 11.6 Å². The van der Waals surface area contributed by atoms with Gasteiger partial charge in [-0.1, -0.05) is 49.7 Å². The molecular weight excluding hydrogens is 462 g/mol. The summed E-state index contributed by atoms with van der Waals surface area (Å²) in [5.41, 5.74) is 2.01. The first-order valence-corrected chi connectivity index (χ1v) is 12.6. The zero-order valence-corrected chi connectivity index (χ0v) is 20.3. The Balaban J connectivity index is 1.50. The Hall–Kier alpha value is -2.75. The maximum atomic E-state index is 13.1. The number of rotatable bonds is 5. The van der Waals surface area contributed by atoms with Gasteiger partial charge in [-0.3, -0.25) is 4.79 Å². The van der Waals surface area contributed by atoms with Gasteiger partial charge >= 0.3 is 0 Å². The van der Waals surface area contributed by atoms with Crippen molar-refractivity contribution >= 4 is 27.5 Å². The molecular formula is C23H26ClN5O3S. The van der Waals surface area contributed by atoms with Crippen molar-refractivity contribution in [2.24, 2.45) is 0 Å². The number of halogens is 1. The lowest BCUT2D eigenvalue weighted by atomic mass is 10.0. The van der Waals surface area contributed by atoms with E-state index in [4.69, 9.17) is 11.6 Å². The Morgan fingerprint density at radius 2 is 1.73 bits per heavy atom. The molecule has 4 rings (SSSR count). The quantitative estimate of drug-likeness (QED) is 0.549. The standard InChI is InChI=1S/C23H26ClN5O3S/c1-16(2)20-9-4-5-10-21(20)29-17(3)25-22(26-29)23(30)27-11-13-28(14-12-27)33(31,32)19-8-6-7-18(24)15-19/h4-10,15-16H,11-14H2,1-3H3. The third kappa shape index (κ3) is 4.66. The summed E-state index contributed by atoms with van der Waals surface area (Å²) in [6.45, 7) is 6.93. The van der Waals surface area contributed by atoms with Crippen LogP contribution in [0.2, 0.25) is 5.02 Å². The van der Waals surface area contributed by atoms with Crippen molar-refractivity contribution in [1.29, 1.82) is 0 Å². The molecule has 10 heteroatoms. The minimum Gasteiger partial charge on any atom is -0.333 e. The summed E-state index contributed by atoms with van der Waals surface area (Å²) < 4.78 is 28.9. The van der Waals surface area contributed by atoms with Gasteiger partial charge < -0.3 is 4.90 Å². The first-order valence-electron chi connectivity index (χ1n) is 10.8. The molecule has 2 heterocycles. The van der Waals surface area contributed by atoms with Crippen LogP contribution in [0.3, 0.4) is 0 Å². The fourth-order valence-corrected chi connectivity index (χ4v) is 5.65. The van der Waals surface area contributed by atoms with Crippen molar-refractivity contribution in [3.8, 4) is 5.69 Å². The fraction of sp³-hybridized carbons (Fsp3) is 0.348. The van der Waals surface area contributed by atoms with Gasteiger partial charge in [-0.2, -0.15) is 4.31 Å². The number of hydrogen-bond acceptors (Lipinski definition) is 5. The van der Waals surface area contributed by atoms with Gasteiger partial charge in [0.05, 0.1) is 10.6 Å². The van der Waals surface area contributed by atoms with Gasteiger partial charge in [-0.25, -0.2) is 18.1 Å². The number of carbonyl (C=O) groups excluding carboxylic acids is 1. The number of aryl methyl sites for hydroxylation is 1. The van der Waals surface area contributed by atoms with E-state index in [0.29, 0.717) is 16.8 Å². The van der Waals surface area contributed by atoms with E-state index < -0.39 is 10.0 Å². The van der Waals surface area contributed by atoms with Gasteiger partial charge in [0.25, 0.3) is 5.91 Å². The van der Waals surface area contributed by atoms with Gasteiger partial charge in [0.2, 0.25) is 15.8 Å². The highest BCUT2D eigenvalue weighted by atomic mass is 35.5. The highest BCUT2D eigenvalue weighted by Crippen LogP contribution is 2.24. The number of sulfonamides is 1. The van der Waals surface area contributed by atoms with Gasteiger partial charge in [0.15, 0.2) is 0 Å². The number of aromatic nitrogens is 3. The second kappa shape index (κ2) is 9.24. The monoisotopic (exact) mass is 487 g/mol. The minimum absolute atomic E-state index is 0.109. The molecule has 1 aliphatic heterocycles. The molecule has 0 unspecified atom stereocenters. The maximum absolute atomic E-state index is 13.1. The third-order valence-corrected chi connectivity index (χ3v) is 7.84. The molecule has 1 aliphatic rings. The zero-order valence-electron chi connectivity index (χ0n) is 18.8. The Labute approximate surface area is 198 Å². The van der Waals surface area contributed by atoms with Gasteiger partial charge in [-0.15, -0.1) is 5.10 Å². The molecule has 1 saturated heterocycles. The largest absolute Gasteiger partial charge is 0.333 e. The van der Waals surface area contributed by atoms with Crippen molar-refractivity contribution in [2.75, 3.05) is 26.2 Å². The lowest BCUT2D eigenvalue weighted by molar-refractivity contribution is 0.0685. The minimum atomic E-state index is -3.67. The molecule has 8 nitrogen and oxygen atoms in total. The van der Waals surface area contributed by atoms with Crippen LogP contribution in [0.15, 0.2) is 53.4 Å². The molecule has 2 aromatic carbocycles. The van der Waals surface area contributed by atoms with Crippen LogP contribution in [0.4, 0.5) is 0 Å². The second-order valence-electron chi connectivity index (χ2n) is 8.26. The van der Waals surface area contributed by atoms with Crippen molar-refractivity contribution in [3.63, 3.8) is 0 Å². The predicted octanol–water partition coefficient (Wildman–Crippen LogP) is 3.50. The van der Waals surface area contributed by atoms with Crippen LogP contribution in [-0.2, 0) is 10.0 Å². The molecule has 1 fully saturated rings. The molecule has 0 bridgehead atoms. The fourth-order valence-electron chi connectivity index (χ4n) is 3.93. The van der Waals surface area contributed by atoms with Crippen LogP contribution in [-0.4, -0.2) is 64.5 Å². The van der Waals surface area contributed by atoms with Crippen molar-refractivity contribution in [3.05, 3.63) is 70.8 Å². The molecule has 33 heavy (non-hydrogen) atoms. The SMILES string of the molecule is Cc1nc(C(=O)N2CCN(S(=O)(=O)c3cccc(Cl)c3)CC2)nn1-c1ccccc1C(C)C. The highest BCUT2D eigenvalue weighted by molar-refractivity contribution is 7.89. The Kier molecular flexibility index (Phi) is 6.56. The maximum Gasteiger partial charge on any atom is 0.293 e. The van der Waals surface area contributed by atoms with Gasteiger partial charge in [0.1, 0.15) is 5.82 Å². The van der Waals surface area contributed by atoms with Crippen molar-refractivity contribution in [1.82, 2.24) is 24.0 Å². The topological polar surface area (TPSA) is 88.4 Å². The molecule has 0 spiro atoms. The number of para-hydroxylation sites is 1. The molecule has 0 N–H and O–H groups in total. The van der Waals surface area contributed by atoms with Gasteiger partial charge in [-0.05, 0) is 42.7 Å². The summed E-state index contributed by atoms with van der Waals surface area (Å²) in [5.74, 6) is 0.711. The molecule has 1 aromatic heterocycles. The summed E-state index contributed by atoms with van der Waals surface area (Å²) in [4.78, 5) is 19.2. The van der Waals surface area contributed by atoms with Gasteiger partial charge in [0, 0.05) is 31.2 Å². The van der Waals surface area contributed by atoms with Crippen molar-refractivity contribution in [2.45, 2.75) is 31.6 Å². The highest BCUT2D eigenvalue weighted by Gasteiger charge is 2.32. The second-order valence-corrected chi connectivity index (χ2v) is 10.6. The van der Waals surface area contributed by atoms with E-state index in [1.165, 1.54) is 16.4 Å². The predicted molar refractivity (Wildman–Crippen MR) is 126 cm³/mol. The molecule has 0 atom stereocenters. The van der Waals surface area contributed by atoms with E-state index in [9.17, 15) is 13.2 Å². The van der Waals surface area contributed by atoms with E-state index >= 15 is 0 Å². The van der Waals surface area contributed by atoms with E-state index in [-0.39, 0.29) is 42.8 Å². The van der Waals surface area contributed by atoms with Crippen LogP contribution in [0.1, 0.15) is 41.8 Å². The number of amides is 1. The summed E-state index contributed by atoms with van der Waals surface area (Å²) >= 11 is 5.96. The zero-order chi connectivity index (χ0) is 23.8. The number of hydrogen-bond donors (Lipinski definition) is 0. The van der Waals surface area contributed by atoms with Crippen molar-refractivity contribution < 1.29 is 13.2 Å². The van der Waals surface area contributed by atoms with E-state index in [1.54, 1.807) is 21.7 Å². The third-order valence-electron chi connectivity index (χ3n) is 5.71. The summed E-state index contributed by atoms with van der Waals surface area (Å²) in [6, 6.07) is 14.1. The van der Waals surface area contributed by atoms with Crippen LogP contribution in [0, 0.1) is 6.92 Å². The van der Waals surface area contributed by atoms with E-state index in [1.807, 2.05) is 31.2 Å². The Morgan fingerprint density at radius 3 is 2.39 bits per heavy atom. The molecule has 0 aliphatic carbocycles. The molecule has 1 amide bonds.